The monoisotopic (exact) mass is 442 g/mol. The fourth-order valence-corrected chi connectivity index (χ4v) is 4.23. The van der Waals surface area contributed by atoms with Crippen LogP contribution in [-0.4, -0.2) is 52.6 Å². The molecule has 0 amide bonds. The van der Waals surface area contributed by atoms with Crippen molar-refractivity contribution in [3.63, 3.8) is 0 Å². The molecule has 0 spiro atoms. The first-order valence-electron chi connectivity index (χ1n) is 11.2. The maximum Gasteiger partial charge on any atom is 0.204 e. The Kier molecular flexibility index (Phi) is 7.20. The minimum atomic E-state index is -0.0418. The number of hydrogen-bond acceptors (Lipinski definition) is 5. The molecule has 1 unspecified atom stereocenters. The summed E-state index contributed by atoms with van der Waals surface area (Å²) >= 11 is 0. The molecule has 1 aromatic heterocycles. The molecule has 0 bridgehead atoms. The van der Waals surface area contributed by atoms with Crippen LogP contribution in [0.2, 0.25) is 0 Å². The van der Waals surface area contributed by atoms with Crippen molar-refractivity contribution in [2.45, 2.75) is 26.1 Å². The number of nitrogens with zero attached hydrogens (tertiary/aromatic N) is 3. The zero-order valence-corrected chi connectivity index (χ0v) is 19.1. The number of aromatic nitrogens is 2. The quantitative estimate of drug-likeness (QED) is 0.306. The van der Waals surface area contributed by atoms with E-state index < -0.39 is 0 Å². The predicted octanol–water partition coefficient (Wildman–Crippen LogP) is 3.84. The third-order valence-corrected chi connectivity index (χ3v) is 6.02. The van der Waals surface area contributed by atoms with E-state index in [1.54, 1.807) is 12.3 Å². The second-order valence-electron chi connectivity index (χ2n) is 8.15. The van der Waals surface area contributed by atoms with Crippen LogP contribution in [0.15, 0.2) is 73.3 Å². The number of fused-ring (bicyclic) bond motifs is 1. The van der Waals surface area contributed by atoms with Crippen LogP contribution in [0.3, 0.4) is 0 Å². The third kappa shape index (κ3) is 5.15. The molecule has 1 aromatic carbocycles. The summed E-state index contributed by atoms with van der Waals surface area (Å²) in [7, 11) is 0. The van der Waals surface area contributed by atoms with Crippen LogP contribution in [0, 0.1) is 0 Å². The second kappa shape index (κ2) is 10.5. The molecule has 4 rings (SSSR count). The van der Waals surface area contributed by atoms with Crippen molar-refractivity contribution in [3.8, 4) is 0 Å². The lowest BCUT2D eigenvalue weighted by atomic mass is 9.99. The summed E-state index contributed by atoms with van der Waals surface area (Å²) in [5.74, 6) is 0.818. The normalized spacial score (nSPS) is 18.6. The standard InChI is InChI=1S/C27H30N4O2/c1-4-21-8-6-7-9-24(21)20(3)16-26(32)25-18-29-27-19-30(13-14-31(25)27)22(5-2)10-11-23-17-28-12-15-33-23/h4,6-11,16,18,23,28H,1-2,12-15,17,19H2,3H3/b11-10+,20-16?. The second-order valence-corrected chi connectivity index (χ2v) is 8.15. The molecular formula is C27H30N4O2. The van der Waals surface area contributed by atoms with Gasteiger partial charge in [0.2, 0.25) is 5.78 Å². The number of rotatable bonds is 7. The van der Waals surface area contributed by atoms with Gasteiger partial charge in [-0.3, -0.25) is 4.79 Å². The fraction of sp³-hybridized carbons (Fsp3) is 0.296. The summed E-state index contributed by atoms with van der Waals surface area (Å²) in [6.45, 7) is 14.1. The molecule has 1 N–H and O–H groups in total. The van der Waals surface area contributed by atoms with Gasteiger partial charge in [0.25, 0.3) is 0 Å². The van der Waals surface area contributed by atoms with Gasteiger partial charge in [-0.2, -0.15) is 0 Å². The van der Waals surface area contributed by atoms with E-state index in [0.29, 0.717) is 25.4 Å². The number of imidazole rings is 1. The van der Waals surface area contributed by atoms with Crippen LogP contribution in [0.1, 0.15) is 34.4 Å². The maximum absolute atomic E-state index is 13.1. The van der Waals surface area contributed by atoms with Crippen LogP contribution in [-0.2, 0) is 17.8 Å². The highest BCUT2D eigenvalue weighted by Crippen LogP contribution is 2.23. The van der Waals surface area contributed by atoms with E-state index in [2.05, 4.69) is 34.1 Å². The number of hydrogen-bond donors (Lipinski definition) is 1. The van der Waals surface area contributed by atoms with Gasteiger partial charge in [-0.05, 0) is 35.8 Å². The minimum Gasteiger partial charge on any atom is -0.371 e. The maximum atomic E-state index is 13.1. The molecule has 6 heteroatoms. The van der Waals surface area contributed by atoms with Gasteiger partial charge < -0.3 is 19.5 Å². The Morgan fingerprint density at radius 1 is 1.33 bits per heavy atom. The van der Waals surface area contributed by atoms with E-state index in [9.17, 15) is 4.79 Å². The molecule has 2 aliphatic heterocycles. The van der Waals surface area contributed by atoms with Crippen LogP contribution in [0.25, 0.3) is 11.6 Å². The number of ether oxygens (including phenoxy) is 1. The summed E-state index contributed by atoms with van der Waals surface area (Å²) < 4.78 is 7.74. The summed E-state index contributed by atoms with van der Waals surface area (Å²) in [5, 5.41) is 3.32. The lowest BCUT2D eigenvalue weighted by Gasteiger charge is -2.30. The van der Waals surface area contributed by atoms with Crippen LogP contribution >= 0.6 is 0 Å². The van der Waals surface area contributed by atoms with Crippen molar-refractivity contribution in [1.29, 1.82) is 0 Å². The highest BCUT2D eigenvalue weighted by Gasteiger charge is 2.23. The molecule has 6 nitrogen and oxygen atoms in total. The average Bonchev–Trinajstić information content (AvgIpc) is 3.28. The van der Waals surface area contributed by atoms with Gasteiger partial charge in [-0.25, -0.2) is 4.98 Å². The Bertz CT molecular complexity index is 1140. The number of ketones is 1. The summed E-state index contributed by atoms with van der Waals surface area (Å²) in [4.78, 5) is 19.8. The van der Waals surface area contributed by atoms with E-state index in [4.69, 9.17) is 4.74 Å². The minimum absolute atomic E-state index is 0.0418. The van der Waals surface area contributed by atoms with Crippen molar-refractivity contribution >= 4 is 17.4 Å². The van der Waals surface area contributed by atoms with Crippen molar-refractivity contribution in [3.05, 3.63) is 95.9 Å². The Morgan fingerprint density at radius 3 is 2.94 bits per heavy atom. The van der Waals surface area contributed by atoms with E-state index in [0.717, 1.165) is 47.9 Å². The van der Waals surface area contributed by atoms with Gasteiger partial charge in [0.15, 0.2) is 0 Å². The first-order valence-corrected chi connectivity index (χ1v) is 11.2. The summed E-state index contributed by atoms with van der Waals surface area (Å²) in [5.41, 5.74) is 7.48. The highest BCUT2D eigenvalue weighted by molar-refractivity contribution is 6.07. The zero-order valence-electron chi connectivity index (χ0n) is 19.1. The van der Waals surface area contributed by atoms with E-state index >= 15 is 0 Å². The molecule has 170 valence electrons. The van der Waals surface area contributed by atoms with Crippen molar-refractivity contribution in [1.82, 2.24) is 19.8 Å². The number of allylic oxidation sites excluding steroid dienone is 3. The van der Waals surface area contributed by atoms with Crippen molar-refractivity contribution < 1.29 is 9.53 Å². The van der Waals surface area contributed by atoms with Gasteiger partial charge in [0.05, 0.1) is 31.1 Å². The number of nitrogens with one attached hydrogen (secondary N) is 1. The Labute approximate surface area is 195 Å². The average molecular weight is 443 g/mol. The molecule has 1 saturated heterocycles. The van der Waals surface area contributed by atoms with Crippen LogP contribution in [0.5, 0.6) is 0 Å². The number of carbonyl (C=O) groups is 1. The molecule has 0 radical (unpaired) electrons. The molecular weight excluding hydrogens is 412 g/mol. The molecule has 33 heavy (non-hydrogen) atoms. The van der Waals surface area contributed by atoms with Gasteiger partial charge in [0.1, 0.15) is 11.5 Å². The van der Waals surface area contributed by atoms with Gasteiger partial charge in [-0.1, -0.05) is 49.6 Å². The van der Waals surface area contributed by atoms with Crippen molar-refractivity contribution in [2.75, 3.05) is 26.2 Å². The first kappa shape index (κ1) is 22.7. The SMILES string of the molecule is C=C=C(/C=C/C1CNCCO1)N1CCn2c(C(=O)C=C(C)c3ccccc3C=C)cnc2C1. The van der Waals surface area contributed by atoms with Gasteiger partial charge in [0, 0.05) is 26.2 Å². The highest BCUT2D eigenvalue weighted by atomic mass is 16.5. The van der Waals surface area contributed by atoms with E-state index in [-0.39, 0.29) is 11.9 Å². The lowest BCUT2D eigenvalue weighted by Crippen LogP contribution is -2.37. The molecule has 2 aliphatic rings. The fourth-order valence-electron chi connectivity index (χ4n) is 4.23. The number of benzene rings is 1. The van der Waals surface area contributed by atoms with E-state index in [1.807, 2.05) is 54.0 Å². The van der Waals surface area contributed by atoms with Crippen LogP contribution in [0.4, 0.5) is 0 Å². The zero-order chi connectivity index (χ0) is 23.2. The smallest absolute Gasteiger partial charge is 0.204 e. The Hall–Kier alpha value is -3.44. The lowest BCUT2D eigenvalue weighted by molar-refractivity contribution is 0.0590. The largest absolute Gasteiger partial charge is 0.371 e. The van der Waals surface area contributed by atoms with Crippen LogP contribution < -0.4 is 5.32 Å². The summed E-state index contributed by atoms with van der Waals surface area (Å²) in [6.07, 6.45) is 9.29. The van der Waals surface area contributed by atoms with Gasteiger partial charge in [-0.15, -0.1) is 5.73 Å². The molecule has 1 atom stereocenters. The van der Waals surface area contributed by atoms with Crippen molar-refractivity contribution in [2.24, 2.45) is 0 Å². The Balaban J connectivity index is 1.48. The number of carbonyl (C=O) groups excluding carboxylic acids is 1. The third-order valence-electron chi connectivity index (χ3n) is 6.02. The molecule has 1 fully saturated rings. The molecule has 3 heterocycles. The topological polar surface area (TPSA) is 59.4 Å². The van der Waals surface area contributed by atoms with Gasteiger partial charge >= 0.3 is 0 Å². The Morgan fingerprint density at radius 2 is 2.18 bits per heavy atom. The van der Waals surface area contributed by atoms with E-state index in [1.165, 1.54) is 0 Å². The molecule has 2 aromatic rings. The first-order chi connectivity index (χ1) is 16.1. The predicted molar refractivity (Wildman–Crippen MR) is 132 cm³/mol. The molecule has 0 aliphatic carbocycles. The number of morpholine rings is 1. The summed E-state index contributed by atoms with van der Waals surface area (Å²) in [6, 6.07) is 7.94. The molecule has 0 saturated carbocycles.